The van der Waals surface area contributed by atoms with E-state index in [0.717, 1.165) is 21.2 Å². The number of rotatable bonds is 3. The largest absolute Gasteiger partial charge is 0.496 e. The van der Waals surface area contributed by atoms with Gasteiger partial charge in [0.25, 0.3) is 0 Å². The quantitative estimate of drug-likeness (QED) is 0.904. The minimum Gasteiger partial charge on any atom is -0.496 e. The Morgan fingerprint density at radius 3 is 2.76 bits per heavy atom. The minimum absolute atomic E-state index is 0.687. The van der Waals surface area contributed by atoms with Crippen LogP contribution in [0.25, 0.3) is 0 Å². The first-order chi connectivity index (χ1) is 8.20. The van der Waals surface area contributed by atoms with Crippen molar-refractivity contribution in [3.05, 3.63) is 42.1 Å². The molecule has 2 N–H and O–H groups in total. The Hall–Kier alpha value is -1.68. The predicted molar refractivity (Wildman–Crippen MR) is 70.5 cm³/mol. The van der Waals surface area contributed by atoms with Gasteiger partial charge in [-0.25, -0.2) is 4.98 Å². The molecule has 1 heterocycles. The number of benzene rings is 1. The molecule has 0 amide bonds. The first-order valence-corrected chi connectivity index (χ1v) is 6.05. The van der Waals surface area contributed by atoms with Crippen LogP contribution in [-0.2, 0) is 0 Å². The monoisotopic (exact) mass is 246 g/mol. The lowest BCUT2D eigenvalue weighted by Crippen LogP contribution is -1.92. The molecule has 0 unspecified atom stereocenters. The number of methoxy groups -OCH3 is 1. The molecule has 2 rings (SSSR count). The van der Waals surface area contributed by atoms with Crippen LogP contribution in [0.15, 0.2) is 46.5 Å². The fraction of sp³-hybridized carbons (Fsp3) is 0.154. The summed E-state index contributed by atoms with van der Waals surface area (Å²) in [7, 11) is 1.67. The van der Waals surface area contributed by atoms with Gasteiger partial charge in [0, 0.05) is 0 Å². The summed E-state index contributed by atoms with van der Waals surface area (Å²) in [5, 5.41) is 0.948. The third-order valence-corrected chi connectivity index (χ3v) is 3.51. The highest BCUT2D eigenvalue weighted by atomic mass is 32.2. The van der Waals surface area contributed by atoms with E-state index < -0.39 is 0 Å². The van der Waals surface area contributed by atoms with E-state index in [9.17, 15) is 0 Å². The zero-order chi connectivity index (χ0) is 12.3. The van der Waals surface area contributed by atoms with Crippen molar-refractivity contribution in [3.63, 3.8) is 0 Å². The second-order valence-corrected chi connectivity index (χ2v) is 4.67. The van der Waals surface area contributed by atoms with Crippen molar-refractivity contribution in [2.24, 2.45) is 0 Å². The molecule has 0 radical (unpaired) electrons. The number of hydrogen-bond donors (Lipinski definition) is 1. The van der Waals surface area contributed by atoms with E-state index in [1.807, 2.05) is 37.3 Å². The van der Waals surface area contributed by atoms with Gasteiger partial charge < -0.3 is 10.5 Å². The van der Waals surface area contributed by atoms with Gasteiger partial charge >= 0.3 is 0 Å². The molecule has 0 saturated carbocycles. The maximum Gasteiger partial charge on any atom is 0.132 e. The standard InChI is InChI=1S/C13H14N2OS/c1-9-7-10(14)8-15-13(9)17-12-6-4-3-5-11(12)16-2/h3-8H,14H2,1-2H3. The van der Waals surface area contributed by atoms with Gasteiger partial charge in [-0.05, 0) is 30.7 Å². The van der Waals surface area contributed by atoms with Crippen LogP contribution < -0.4 is 10.5 Å². The van der Waals surface area contributed by atoms with Gasteiger partial charge in [-0.2, -0.15) is 0 Å². The van der Waals surface area contributed by atoms with E-state index in [0.29, 0.717) is 5.69 Å². The lowest BCUT2D eigenvalue weighted by atomic mass is 10.3. The Morgan fingerprint density at radius 2 is 2.06 bits per heavy atom. The van der Waals surface area contributed by atoms with Gasteiger partial charge in [-0.3, -0.25) is 0 Å². The lowest BCUT2D eigenvalue weighted by molar-refractivity contribution is 0.405. The van der Waals surface area contributed by atoms with Crippen LogP contribution in [0.4, 0.5) is 5.69 Å². The summed E-state index contributed by atoms with van der Waals surface area (Å²) in [6.07, 6.45) is 1.67. The summed E-state index contributed by atoms with van der Waals surface area (Å²) >= 11 is 1.58. The first kappa shape index (κ1) is 11.8. The topological polar surface area (TPSA) is 48.1 Å². The molecule has 0 spiro atoms. The average molecular weight is 246 g/mol. The van der Waals surface area contributed by atoms with Crippen LogP contribution in [0.5, 0.6) is 5.75 Å². The number of para-hydroxylation sites is 1. The molecule has 0 aliphatic rings. The first-order valence-electron chi connectivity index (χ1n) is 5.23. The number of aromatic nitrogens is 1. The third-order valence-electron chi connectivity index (χ3n) is 2.33. The van der Waals surface area contributed by atoms with E-state index in [-0.39, 0.29) is 0 Å². The Bertz CT molecular complexity index is 529. The fourth-order valence-corrected chi connectivity index (χ4v) is 2.43. The predicted octanol–water partition coefficient (Wildman–Crippen LogP) is 3.13. The second kappa shape index (κ2) is 5.10. The van der Waals surface area contributed by atoms with E-state index >= 15 is 0 Å². The number of nitrogens with zero attached hydrogens (tertiary/aromatic N) is 1. The van der Waals surface area contributed by atoms with E-state index in [1.54, 1.807) is 25.1 Å². The smallest absolute Gasteiger partial charge is 0.132 e. The van der Waals surface area contributed by atoms with Crippen molar-refractivity contribution in [2.75, 3.05) is 12.8 Å². The SMILES string of the molecule is COc1ccccc1Sc1ncc(N)cc1C. The van der Waals surface area contributed by atoms with Crippen LogP contribution in [-0.4, -0.2) is 12.1 Å². The third kappa shape index (κ3) is 2.71. The molecule has 1 aromatic heterocycles. The van der Waals surface area contributed by atoms with Crippen LogP contribution in [0.1, 0.15) is 5.56 Å². The van der Waals surface area contributed by atoms with Crippen molar-refractivity contribution in [1.29, 1.82) is 0 Å². The second-order valence-electron chi connectivity index (χ2n) is 3.64. The van der Waals surface area contributed by atoms with Gasteiger partial charge in [-0.15, -0.1) is 0 Å². The van der Waals surface area contributed by atoms with E-state index in [1.165, 1.54) is 0 Å². The lowest BCUT2D eigenvalue weighted by Gasteiger charge is -2.08. The van der Waals surface area contributed by atoms with Crippen molar-refractivity contribution in [2.45, 2.75) is 16.8 Å². The molecular weight excluding hydrogens is 232 g/mol. The molecule has 1 aromatic carbocycles. The zero-order valence-corrected chi connectivity index (χ0v) is 10.6. The summed E-state index contributed by atoms with van der Waals surface area (Å²) in [6.45, 7) is 2.00. The highest BCUT2D eigenvalue weighted by Crippen LogP contribution is 2.35. The number of nitrogen functional groups attached to an aromatic ring is 1. The van der Waals surface area contributed by atoms with Crippen LogP contribution in [0, 0.1) is 6.92 Å². The van der Waals surface area contributed by atoms with Gasteiger partial charge in [0.2, 0.25) is 0 Å². The number of anilines is 1. The summed E-state index contributed by atoms with van der Waals surface area (Å²) < 4.78 is 5.31. The minimum atomic E-state index is 0.687. The number of nitrogens with two attached hydrogens (primary N) is 1. The maximum atomic E-state index is 5.68. The fourth-order valence-electron chi connectivity index (χ4n) is 1.50. The summed E-state index contributed by atoms with van der Waals surface area (Å²) in [5.41, 5.74) is 7.44. The van der Waals surface area contributed by atoms with E-state index in [4.69, 9.17) is 10.5 Å². The van der Waals surface area contributed by atoms with Crippen molar-refractivity contribution in [3.8, 4) is 5.75 Å². The molecule has 0 saturated heterocycles. The zero-order valence-electron chi connectivity index (χ0n) is 9.81. The molecule has 4 heteroatoms. The Labute approximate surface area is 105 Å². The van der Waals surface area contributed by atoms with Crippen molar-refractivity contribution in [1.82, 2.24) is 4.98 Å². The summed E-state index contributed by atoms with van der Waals surface area (Å²) in [5.74, 6) is 0.857. The van der Waals surface area contributed by atoms with Crippen LogP contribution in [0.2, 0.25) is 0 Å². The van der Waals surface area contributed by atoms with Crippen molar-refractivity contribution < 1.29 is 4.74 Å². The summed E-state index contributed by atoms with van der Waals surface area (Å²) in [6, 6.07) is 9.81. The number of pyridine rings is 1. The van der Waals surface area contributed by atoms with Crippen LogP contribution in [0.3, 0.4) is 0 Å². The molecule has 17 heavy (non-hydrogen) atoms. The van der Waals surface area contributed by atoms with Gasteiger partial charge in [0.15, 0.2) is 0 Å². The van der Waals surface area contributed by atoms with Gasteiger partial charge in [0.05, 0.1) is 23.9 Å². The Kier molecular flexibility index (Phi) is 3.54. The molecule has 2 aromatic rings. The molecule has 0 aliphatic heterocycles. The highest BCUT2D eigenvalue weighted by molar-refractivity contribution is 7.99. The van der Waals surface area contributed by atoms with Crippen LogP contribution >= 0.6 is 11.8 Å². The molecule has 88 valence electrons. The maximum absolute atomic E-state index is 5.68. The summed E-state index contributed by atoms with van der Waals surface area (Å²) in [4.78, 5) is 5.38. The molecule has 0 fully saturated rings. The van der Waals surface area contributed by atoms with Crippen molar-refractivity contribution >= 4 is 17.4 Å². The Morgan fingerprint density at radius 1 is 1.29 bits per heavy atom. The molecule has 3 nitrogen and oxygen atoms in total. The number of aryl methyl sites for hydroxylation is 1. The number of ether oxygens (including phenoxy) is 1. The average Bonchev–Trinajstić information content (AvgIpc) is 2.33. The highest BCUT2D eigenvalue weighted by Gasteiger charge is 2.07. The molecule has 0 bridgehead atoms. The number of hydrogen-bond acceptors (Lipinski definition) is 4. The molecule has 0 aliphatic carbocycles. The normalized spacial score (nSPS) is 10.2. The Balaban J connectivity index is 2.31. The molecular formula is C13H14N2OS. The molecule has 0 atom stereocenters. The van der Waals surface area contributed by atoms with Gasteiger partial charge in [-0.1, -0.05) is 23.9 Å². The van der Waals surface area contributed by atoms with Gasteiger partial charge in [0.1, 0.15) is 10.8 Å². The van der Waals surface area contributed by atoms with E-state index in [2.05, 4.69) is 4.98 Å².